The third kappa shape index (κ3) is 4.47. The highest BCUT2D eigenvalue weighted by Gasteiger charge is 2.16. The Morgan fingerprint density at radius 3 is 2.71 bits per heavy atom. The van der Waals surface area contributed by atoms with E-state index < -0.39 is 10.0 Å². The lowest BCUT2D eigenvalue weighted by molar-refractivity contribution is 0.587. The Morgan fingerprint density at radius 2 is 2.05 bits per heavy atom. The fourth-order valence-electron chi connectivity index (χ4n) is 1.62. The summed E-state index contributed by atoms with van der Waals surface area (Å²) in [6.45, 7) is 4.66. The van der Waals surface area contributed by atoms with Crippen molar-refractivity contribution in [3.8, 4) is 0 Å². The zero-order valence-corrected chi connectivity index (χ0v) is 12.6. The summed E-state index contributed by atoms with van der Waals surface area (Å²) < 4.78 is 26.8. The molecule has 21 heavy (non-hydrogen) atoms. The summed E-state index contributed by atoms with van der Waals surface area (Å²) >= 11 is 0. The minimum atomic E-state index is -3.72. The molecule has 0 atom stereocenters. The SMILES string of the molecule is CC(C)NCc1cccc(S(=O)(=O)Nc2nccnn2)c1. The van der Waals surface area contributed by atoms with Crippen molar-refractivity contribution in [3.63, 3.8) is 0 Å². The van der Waals surface area contributed by atoms with Crippen LogP contribution in [0.15, 0.2) is 41.6 Å². The van der Waals surface area contributed by atoms with Gasteiger partial charge < -0.3 is 5.32 Å². The van der Waals surface area contributed by atoms with E-state index in [1.54, 1.807) is 12.1 Å². The van der Waals surface area contributed by atoms with E-state index in [0.717, 1.165) is 5.56 Å². The Hall–Kier alpha value is -2.06. The molecule has 0 spiro atoms. The molecule has 0 amide bonds. The molecule has 2 rings (SSSR count). The summed E-state index contributed by atoms with van der Waals surface area (Å²) in [5.41, 5.74) is 0.888. The zero-order valence-electron chi connectivity index (χ0n) is 11.8. The van der Waals surface area contributed by atoms with Gasteiger partial charge in [-0.05, 0) is 17.7 Å². The Kier molecular flexibility index (Phi) is 4.81. The molecule has 0 aliphatic heterocycles. The first kappa shape index (κ1) is 15.3. The van der Waals surface area contributed by atoms with Crippen molar-refractivity contribution >= 4 is 16.0 Å². The number of anilines is 1. The molecule has 2 N–H and O–H groups in total. The fraction of sp³-hybridized carbons (Fsp3) is 0.308. The van der Waals surface area contributed by atoms with Crippen LogP contribution in [0.5, 0.6) is 0 Å². The van der Waals surface area contributed by atoms with Gasteiger partial charge in [0, 0.05) is 12.6 Å². The lowest BCUT2D eigenvalue weighted by atomic mass is 10.2. The maximum atomic E-state index is 12.3. The second-order valence-corrected chi connectivity index (χ2v) is 6.44. The van der Waals surface area contributed by atoms with Crippen LogP contribution in [-0.2, 0) is 16.6 Å². The van der Waals surface area contributed by atoms with Gasteiger partial charge in [0.1, 0.15) is 0 Å². The van der Waals surface area contributed by atoms with Crippen LogP contribution < -0.4 is 10.0 Å². The molecule has 0 bridgehead atoms. The van der Waals surface area contributed by atoms with Crippen molar-refractivity contribution in [2.45, 2.75) is 31.3 Å². The van der Waals surface area contributed by atoms with Gasteiger partial charge in [0.05, 0.1) is 17.3 Å². The molecule has 8 heteroatoms. The van der Waals surface area contributed by atoms with Crippen LogP contribution in [0.4, 0.5) is 5.95 Å². The average molecular weight is 307 g/mol. The van der Waals surface area contributed by atoms with Gasteiger partial charge in [-0.2, -0.15) is 5.10 Å². The van der Waals surface area contributed by atoms with Crippen LogP contribution in [0.25, 0.3) is 0 Å². The fourth-order valence-corrected chi connectivity index (χ4v) is 2.63. The second-order valence-electron chi connectivity index (χ2n) is 4.75. The van der Waals surface area contributed by atoms with E-state index in [2.05, 4.69) is 25.2 Å². The molecule has 0 saturated carbocycles. The van der Waals surface area contributed by atoms with Gasteiger partial charge in [-0.15, -0.1) is 5.10 Å². The van der Waals surface area contributed by atoms with Crippen molar-refractivity contribution in [1.82, 2.24) is 20.5 Å². The number of hydrogen-bond acceptors (Lipinski definition) is 6. The molecule has 1 aromatic heterocycles. The van der Waals surface area contributed by atoms with Crippen LogP contribution in [0, 0.1) is 0 Å². The predicted molar refractivity (Wildman–Crippen MR) is 79.1 cm³/mol. The summed E-state index contributed by atoms with van der Waals surface area (Å²) in [6.07, 6.45) is 2.74. The molecule has 0 fully saturated rings. The third-order valence-corrected chi connectivity index (χ3v) is 3.96. The van der Waals surface area contributed by atoms with E-state index in [9.17, 15) is 8.42 Å². The normalized spacial score (nSPS) is 11.6. The minimum Gasteiger partial charge on any atom is -0.310 e. The van der Waals surface area contributed by atoms with Gasteiger partial charge in [-0.1, -0.05) is 26.0 Å². The predicted octanol–water partition coefficient (Wildman–Crippen LogP) is 1.17. The number of nitrogens with zero attached hydrogens (tertiary/aromatic N) is 3. The van der Waals surface area contributed by atoms with Crippen LogP contribution in [-0.4, -0.2) is 29.6 Å². The highest BCUT2D eigenvalue weighted by atomic mass is 32.2. The summed E-state index contributed by atoms with van der Waals surface area (Å²) in [7, 11) is -3.72. The first-order valence-corrected chi connectivity index (χ1v) is 7.94. The molecule has 0 aliphatic carbocycles. The maximum Gasteiger partial charge on any atom is 0.264 e. The quantitative estimate of drug-likeness (QED) is 0.831. The largest absolute Gasteiger partial charge is 0.310 e. The number of aromatic nitrogens is 3. The van der Waals surface area contributed by atoms with E-state index in [1.165, 1.54) is 18.5 Å². The molecular weight excluding hydrogens is 290 g/mol. The molecule has 7 nitrogen and oxygen atoms in total. The molecule has 0 aliphatic rings. The highest BCUT2D eigenvalue weighted by Crippen LogP contribution is 2.14. The van der Waals surface area contributed by atoms with Crippen LogP contribution in [0.2, 0.25) is 0 Å². The number of hydrogen-bond donors (Lipinski definition) is 2. The Morgan fingerprint density at radius 1 is 1.24 bits per heavy atom. The van der Waals surface area contributed by atoms with E-state index in [4.69, 9.17) is 0 Å². The molecule has 1 heterocycles. The molecule has 1 aromatic carbocycles. The van der Waals surface area contributed by atoms with E-state index >= 15 is 0 Å². The number of rotatable bonds is 6. The molecule has 0 unspecified atom stereocenters. The van der Waals surface area contributed by atoms with E-state index in [1.807, 2.05) is 19.9 Å². The standard InChI is InChI=1S/C13H17N5O2S/c1-10(2)15-9-11-4-3-5-12(8-11)21(19,20)18-13-14-6-7-16-17-13/h3-8,10,15H,9H2,1-2H3,(H,14,17,18). The van der Waals surface area contributed by atoms with Gasteiger partial charge in [-0.3, -0.25) is 0 Å². The monoisotopic (exact) mass is 307 g/mol. The third-order valence-electron chi connectivity index (χ3n) is 2.63. The number of benzene rings is 1. The first-order valence-electron chi connectivity index (χ1n) is 6.46. The molecule has 112 valence electrons. The van der Waals surface area contributed by atoms with Gasteiger partial charge >= 0.3 is 0 Å². The van der Waals surface area contributed by atoms with E-state index in [0.29, 0.717) is 12.6 Å². The molecular formula is C13H17N5O2S. The topological polar surface area (TPSA) is 96.9 Å². The Balaban J connectivity index is 2.18. The highest BCUT2D eigenvalue weighted by molar-refractivity contribution is 7.92. The Labute approximate surface area is 123 Å². The van der Waals surface area contributed by atoms with Crippen molar-refractivity contribution in [3.05, 3.63) is 42.2 Å². The summed E-state index contributed by atoms with van der Waals surface area (Å²) in [4.78, 5) is 3.96. The van der Waals surface area contributed by atoms with Crippen molar-refractivity contribution < 1.29 is 8.42 Å². The van der Waals surface area contributed by atoms with Gasteiger partial charge in [0.25, 0.3) is 16.0 Å². The lowest BCUT2D eigenvalue weighted by Gasteiger charge is -2.10. The average Bonchev–Trinajstić information content (AvgIpc) is 2.46. The molecule has 0 saturated heterocycles. The van der Waals surface area contributed by atoms with Crippen molar-refractivity contribution in [2.24, 2.45) is 0 Å². The number of nitrogens with one attached hydrogen (secondary N) is 2. The molecule has 0 radical (unpaired) electrons. The summed E-state index contributed by atoms with van der Waals surface area (Å²) in [6, 6.07) is 7.04. The van der Waals surface area contributed by atoms with Gasteiger partial charge in [0.2, 0.25) is 0 Å². The number of sulfonamides is 1. The summed E-state index contributed by atoms with van der Waals surface area (Å²) in [5, 5.41) is 10.4. The van der Waals surface area contributed by atoms with Gasteiger partial charge in [-0.25, -0.2) is 18.1 Å². The maximum absolute atomic E-state index is 12.3. The van der Waals surface area contributed by atoms with Crippen LogP contribution in [0.3, 0.4) is 0 Å². The van der Waals surface area contributed by atoms with Gasteiger partial charge in [0.15, 0.2) is 0 Å². The van der Waals surface area contributed by atoms with E-state index in [-0.39, 0.29) is 10.8 Å². The lowest BCUT2D eigenvalue weighted by Crippen LogP contribution is -2.22. The summed E-state index contributed by atoms with van der Waals surface area (Å²) in [5.74, 6) is -0.0526. The van der Waals surface area contributed by atoms with Crippen LogP contribution >= 0.6 is 0 Å². The first-order chi connectivity index (χ1) is 9.97. The van der Waals surface area contributed by atoms with Crippen molar-refractivity contribution in [2.75, 3.05) is 4.72 Å². The zero-order chi connectivity index (χ0) is 15.3. The van der Waals surface area contributed by atoms with Crippen molar-refractivity contribution in [1.29, 1.82) is 0 Å². The second kappa shape index (κ2) is 6.59. The molecule has 2 aromatic rings. The minimum absolute atomic E-state index is 0.0526. The van der Waals surface area contributed by atoms with Crippen LogP contribution in [0.1, 0.15) is 19.4 Å². The Bertz CT molecular complexity index is 689. The smallest absolute Gasteiger partial charge is 0.264 e.